The van der Waals surface area contributed by atoms with Gasteiger partial charge in [0.25, 0.3) is 5.91 Å². The highest BCUT2D eigenvalue weighted by molar-refractivity contribution is 5.99. The smallest absolute Gasteiger partial charge is 0.265 e. The predicted molar refractivity (Wildman–Crippen MR) is 94.3 cm³/mol. The third kappa shape index (κ3) is 4.13. The van der Waals surface area contributed by atoms with Gasteiger partial charge in [0, 0.05) is 11.3 Å². The minimum atomic E-state index is -0.678. The van der Waals surface area contributed by atoms with Crippen molar-refractivity contribution in [1.82, 2.24) is 0 Å². The molecular weight excluding hydrogens is 304 g/mol. The van der Waals surface area contributed by atoms with Crippen molar-refractivity contribution >= 4 is 17.5 Å². The number of primary amides is 1. The van der Waals surface area contributed by atoms with Crippen LogP contribution in [0.3, 0.4) is 0 Å². The first-order valence-corrected chi connectivity index (χ1v) is 7.73. The third-order valence-corrected chi connectivity index (χ3v) is 3.73. The zero-order chi connectivity index (χ0) is 17.9. The molecule has 5 heteroatoms. The van der Waals surface area contributed by atoms with Crippen LogP contribution in [0.4, 0.5) is 5.69 Å². The van der Waals surface area contributed by atoms with E-state index in [-0.39, 0.29) is 5.91 Å². The van der Waals surface area contributed by atoms with E-state index in [2.05, 4.69) is 5.32 Å². The molecule has 2 aromatic rings. The van der Waals surface area contributed by atoms with Crippen molar-refractivity contribution in [2.45, 2.75) is 33.8 Å². The van der Waals surface area contributed by atoms with E-state index < -0.39 is 12.0 Å². The van der Waals surface area contributed by atoms with E-state index in [0.717, 1.165) is 11.1 Å². The summed E-state index contributed by atoms with van der Waals surface area (Å²) in [6, 6.07) is 10.8. The van der Waals surface area contributed by atoms with Gasteiger partial charge >= 0.3 is 0 Å². The first kappa shape index (κ1) is 17.5. The molecule has 1 atom stereocenters. The lowest BCUT2D eigenvalue weighted by molar-refractivity contribution is -0.122. The number of anilines is 1. The number of rotatable bonds is 5. The molecule has 0 fully saturated rings. The van der Waals surface area contributed by atoms with Crippen LogP contribution in [0.15, 0.2) is 36.4 Å². The summed E-state index contributed by atoms with van der Waals surface area (Å²) in [6.45, 7) is 7.37. The minimum Gasteiger partial charge on any atom is -0.481 e. The van der Waals surface area contributed by atoms with Crippen LogP contribution >= 0.6 is 0 Å². The van der Waals surface area contributed by atoms with Crippen LogP contribution in [-0.4, -0.2) is 17.9 Å². The number of aryl methyl sites for hydroxylation is 2. The number of ether oxygens (including phenoxy) is 1. The van der Waals surface area contributed by atoms with E-state index in [9.17, 15) is 9.59 Å². The van der Waals surface area contributed by atoms with E-state index in [1.165, 1.54) is 0 Å². The van der Waals surface area contributed by atoms with Gasteiger partial charge in [-0.15, -0.1) is 0 Å². The van der Waals surface area contributed by atoms with Gasteiger partial charge in [0.2, 0.25) is 5.91 Å². The van der Waals surface area contributed by atoms with Crippen molar-refractivity contribution in [2.24, 2.45) is 5.73 Å². The summed E-state index contributed by atoms with van der Waals surface area (Å²) >= 11 is 0. The second-order valence-electron chi connectivity index (χ2n) is 5.92. The van der Waals surface area contributed by atoms with Gasteiger partial charge in [-0.3, -0.25) is 9.59 Å². The number of hydrogen-bond acceptors (Lipinski definition) is 3. The number of benzene rings is 2. The first-order valence-electron chi connectivity index (χ1n) is 7.73. The Hall–Kier alpha value is -2.82. The van der Waals surface area contributed by atoms with E-state index >= 15 is 0 Å². The van der Waals surface area contributed by atoms with Gasteiger partial charge in [-0.1, -0.05) is 12.1 Å². The average Bonchev–Trinajstić information content (AvgIpc) is 2.47. The molecule has 126 valence electrons. The normalized spacial score (nSPS) is 11.7. The monoisotopic (exact) mass is 326 g/mol. The molecule has 0 radical (unpaired) electrons. The van der Waals surface area contributed by atoms with E-state index in [4.69, 9.17) is 10.5 Å². The zero-order valence-electron chi connectivity index (χ0n) is 14.3. The minimum absolute atomic E-state index is 0.293. The molecule has 0 aliphatic rings. The van der Waals surface area contributed by atoms with Crippen molar-refractivity contribution in [3.05, 3.63) is 58.7 Å². The molecule has 0 saturated carbocycles. The summed E-state index contributed by atoms with van der Waals surface area (Å²) in [5.74, 6) is -0.167. The number of nitrogens with one attached hydrogen (secondary N) is 1. The summed E-state index contributed by atoms with van der Waals surface area (Å²) in [4.78, 5) is 23.8. The Kier molecular flexibility index (Phi) is 5.24. The van der Waals surface area contributed by atoms with Gasteiger partial charge in [-0.2, -0.15) is 0 Å². The van der Waals surface area contributed by atoms with Gasteiger partial charge in [0.1, 0.15) is 5.75 Å². The van der Waals surface area contributed by atoms with Crippen LogP contribution in [0.5, 0.6) is 5.75 Å². The number of carbonyl (C=O) groups is 2. The van der Waals surface area contributed by atoms with E-state index in [0.29, 0.717) is 22.6 Å². The zero-order valence-corrected chi connectivity index (χ0v) is 14.3. The second-order valence-corrected chi connectivity index (χ2v) is 5.92. The van der Waals surface area contributed by atoms with Crippen LogP contribution in [0.25, 0.3) is 0 Å². The SMILES string of the molecule is Cc1cc(C)cc(O[C@@H](C)C(=O)Nc2cccc(C(N)=O)c2C)c1. The van der Waals surface area contributed by atoms with Crippen LogP contribution in [0.2, 0.25) is 0 Å². The lowest BCUT2D eigenvalue weighted by atomic mass is 10.1. The van der Waals surface area contributed by atoms with E-state index in [1.54, 1.807) is 32.0 Å². The molecule has 2 amide bonds. The molecule has 0 aliphatic carbocycles. The van der Waals surface area contributed by atoms with Crippen molar-refractivity contribution in [2.75, 3.05) is 5.32 Å². The van der Waals surface area contributed by atoms with E-state index in [1.807, 2.05) is 32.0 Å². The fraction of sp³-hybridized carbons (Fsp3) is 0.263. The summed E-state index contributed by atoms with van der Waals surface area (Å²) in [6.07, 6.45) is -0.678. The molecule has 0 aliphatic heterocycles. The third-order valence-electron chi connectivity index (χ3n) is 3.73. The largest absolute Gasteiger partial charge is 0.481 e. The Balaban J connectivity index is 2.12. The molecule has 0 bridgehead atoms. The highest BCUT2D eigenvalue weighted by Gasteiger charge is 2.17. The standard InChI is InChI=1S/C19H22N2O3/c1-11-8-12(2)10-15(9-11)24-14(4)19(23)21-17-7-5-6-16(13(17)3)18(20)22/h5-10,14H,1-4H3,(H2,20,22)(H,21,23)/t14-/m0/s1. The number of carbonyl (C=O) groups excluding carboxylic acids is 2. The maximum absolute atomic E-state index is 12.4. The van der Waals surface area contributed by atoms with Crippen LogP contribution in [0, 0.1) is 20.8 Å². The Morgan fingerprint density at radius 3 is 2.29 bits per heavy atom. The molecule has 0 unspecified atom stereocenters. The molecule has 0 heterocycles. The lowest BCUT2D eigenvalue weighted by Gasteiger charge is -2.17. The number of hydrogen-bond donors (Lipinski definition) is 2. The molecular formula is C19H22N2O3. The van der Waals surface area contributed by atoms with Crippen LogP contribution in [0.1, 0.15) is 34.0 Å². The summed E-state index contributed by atoms with van der Waals surface area (Å²) in [5.41, 5.74) is 9.04. The molecule has 5 nitrogen and oxygen atoms in total. The summed E-state index contributed by atoms with van der Waals surface area (Å²) < 4.78 is 5.72. The van der Waals surface area contributed by atoms with Gasteiger partial charge in [-0.05, 0) is 68.7 Å². The topological polar surface area (TPSA) is 81.4 Å². The second kappa shape index (κ2) is 7.17. The van der Waals surface area contributed by atoms with Gasteiger partial charge in [0.05, 0.1) is 0 Å². The molecule has 0 aromatic heterocycles. The molecule has 3 N–H and O–H groups in total. The van der Waals surface area contributed by atoms with Crippen molar-refractivity contribution in [3.63, 3.8) is 0 Å². The van der Waals surface area contributed by atoms with Crippen molar-refractivity contribution in [1.29, 1.82) is 0 Å². The molecule has 2 rings (SSSR count). The maximum atomic E-state index is 12.4. The van der Waals surface area contributed by atoms with Crippen molar-refractivity contribution < 1.29 is 14.3 Å². The maximum Gasteiger partial charge on any atom is 0.265 e. The Bertz CT molecular complexity index is 764. The molecule has 0 saturated heterocycles. The Morgan fingerprint density at radius 2 is 1.71 bits per heavy atom. The summed E-state index contributed by atoms with van der Waals surface area (Å²) in [5, 5.41) is 2.78. The average molecular weight is 326 g/mol. The van der Waals surface area contributed by atoms with Crippen LogP contribution < -0.4 is 15.8 Å². The molecule has 0 spiro atoms. The fourth-order valence-electron chi connectivity index (χ4n) is 2.53. The fourth-order valence-corrected chi connectivity index (χ4v) is 2.53. The van der Waals surface area contributed by atoms with Gasteiger partial charge in [-0.25, -0.2) is 0 Å². The quantitative estimate of drug-likeness (QED) is 0.886. The van der Waals surface area contributed by atoms with Gasteiger partial charge in [0.15, 0.2) is 6.10 Å². The Labute approximate surface area is 141 Å². The number of amides is 2. The highest BCUT2D eigenvalue weighted by atomic mass is 16.5. The van der Waals surface area contributed by atoms with Crippen molar-refractivity contribution in [3.8, 4) is 5.75 Å². The Morgan fingerprint density at radius 1 is 1.08 bits per heavy atom. The van der Waals surface area contributed by atoms with Crippen LogP contribution in [-0.2, 0) is 4.79 Å². The molecule has 2 aromatic carbocycles. The highest BCUT2D eigenvalue weighted by Crippen LogP contribution is 2.21. The van der Waals surface area contributed by atoms with Gasteiger partial charge < -0.3 is 15.8 Å². The lowest BCUT2D eigenvalue weighted by Crippen LogP contribution is -2.30. The predicted octanol–water partition coefficient (Wildman–Crippen LogP) is 3.12. The molecule has 24 heavy (non-hydrogen) atoms. The first-order chi connectivity index (χ1) is 11.3. The number of nitrogens with two attached hydrogens (primary N) is 1. The summed E-state index contributed by atoms with van der Waals surface area (Å²) in [7, 11) is 0.